The number of nitrogens with one attached hydrogen (secondary N) is 3. The van der Waals surface area contributed by atoms with Gasteiger partial charge >= 0.3 is 6.09 Å². The first kappa shape index (κ1) is 36.5. The van der Waals surface area contributed by atoms with Crippen molar-refractivity contribution in [2.24, 2.45) is 5.92 Å². The number of nitrogens with zero attached hydrogens (tertiary/aromatic N) is 4. The van der Waals surface area contributed by atoms with E-state index in [4.69, 9.17) is 4.74 Å². The van der Waals surface area contributed by atoms with Gasteiger partial charge in [-0.15, -0.1) is 0 Å². The monoisotopic (exact) mass is 735 g/mol. The Morgan fingerprint density at radius 3 is 1.74 bits per heavy atom. The molecule has 7 rings (SSSR count). The number of hydrogen-bond acceptors (Lipinski definition) is 6. The third-order valence-corrected chi connectivity index (χ3v) is 10.2. The highest BCUT2D eigenvalue weighted by Gasteiger charge is 2.42. The standard InChI is InChI=1S/C41H43F2N7O4/c1-24(2)37(48-41(53)54-3)40(52)50-23-31(43)19-35(50)39-45-21-33(47-39)29-15-11-27(12-16-29)26-9-13-28(14-10-26)32-20-44-38(46-32)34-18-30(42)22-49(34)36(51)17-25-7-5-4-6-8-25/h4-16,20-21,24,30-31,34-35,37H,17-19,22-23H2,1-3H3,(H,44,46)(H,45,47)(H,48,53)/t30-,31-,34-,35-,37-/m0/s1. The first-order chi connectivity index (χ1) is 26.1. The molecule has 54 heavy (non-hydrogen) atoms. The smallest absolute Gasteiger partial charge is 0.407 e. The van der Waals surface area contributed by atoms with Gasteiger partial charge in [0.25, 0.3) is 0 Å². The predicted octanol–water partition coefficient (Wildman–Crippen LogP) is 6.98. The fourth-order valence-corrected chi connectivity index (χ4v) is 7.35. The summed E-state index contributed by atoms with van der Waals surface area (Å²) in [5, 5.41) is 2.58. The highest BCUT2D eigenvalue weighted by atomic mass is 19.1. The quantitative estimate of drug-likeness (QED) is 0.142. The fraction of sp³-hybridized carbons (Fsp3) is 0.341. The van der Waals surface area contributed by atoms with Crippen molar-refractivity contribution in [3.63, 3.8) is 0 Å². The molecule has 3 aromatic carbocycles. The van der Waals surface area contributed by atoms with Crippen LogP contribution in [0.2, 0.25) is 0 Å². The van der Waals surface area contributed by atoms with E-state index >= 15 is 0 Å². The van der Waals surface area contributed by atoms with Crippen LogP contribution in [0.1, 0.15) is 56.0 Å². The van der Waals surface area contributed by atoms with E-state index in [1.54, 1.807) is 31.1 Å². The molecular formula is C41H43F2N7O4. The van der Waals surface area contributed by atoms with Crippen LogP contribution in [0.5, 0.6) is 0 Å². The van der Waals surface area contributed by atoms with Crippen molar-refractivity contribution in [1.29, 1.82) is 0 Å². The number of halogens is 2. The van der Waals surface area contributed by atoms with E-state index in [9.17, 15) is 23.2 Å². The van der Waals surface area contributed by atoms with Crippen molar-refractivity contribution in [3.05, 3.63) is 108 Å². The highest BCUT2D eigenvalue weighted by Crippen LogP contribution is 2.36. The van der Waals surface area contributed by atoms with Crippen molar-refractivity contribution in [2.75, 3.05) is 20.2 Å². The van der Waals surface area contributed by atoms with E-state index in [1.807, 2.05) is 78.9 Å². The van der Waals surface area contributed by atoms with Crippen molar-refractivity contribution < 1.29 is 27.9 Å². The largest absolute Gasteiger partial charge is 0.453 e. The molecule has 2 fully saturated rings. The van der Waals surface area contributed by atoms with E-state index in [1.165, 1.54) is 12.0 Å². The SMILES string of the molecule is COC(=O)N[C@H](C(=O)N1C[C@@H](F)C[C@H]1c1ncc(-c2ccc(-c3ccc(-c4cnc([C@@H]5C[C@H](F)CN5C(=O)Cc5ccccc5)[nH]4)cc3)cc2)[nH]1)C(C)C. The molecule has 0 radical (unpaired) electrons. The molecule has 2 aliphatic rings. The Hall–Kier alpha value is -5.85. The van der Waals surface area contributed by atoms with Crippen LogP contribution >= 0.6 is 0 Å². The second kappa shape index (κ2) is 15.6. The first-order valence-electron chi connectivity index (χ1n) is 18.2. The minimum Gasteiger partial charge on any atom is -0.453 e. The zero-order valence-electron chi connectivity index (χ0n) is 30.3. The lowest BCUT2D eigenvalue weighted by Crippen LogP contribution is -2.51. The summed E-state index contributed by atoms with van der Waals surface area (Å²) >= 11 is 0. The summed E-state index contributed by atoms with van der Waals surface area (Å²) in [6.07, 6.45) is 0.861. The highest BCUT2D eigenvalue weighted by molar-refractivity contribution is 5.86. The van der Waals surface area contributed by atoms with Gasteiger partial charge in [0.15, 0.2) is 0 Å². The Morgan fingerprint density at radius 1 is 0.759 bits per heavy atom. The summed E-state index contributed by atoms with van der Waals surface area (Å²) in [7, 11) is 1.23. The van der Waals surface area contributed by atoms with Gasteiger partial charge in [0, 0.05) is 12.8 Å². The zero-order chi connectivity index (χ0) is 37.9. The average molecular weight is 736 g/mol. The Kier molecular flexibility index (Phi) is 10.6. The van der Waals surface area contributed by atoms with Crippen LogP contribution in [-0.4, -0.2) is 86.2 Å². The summed E-state index contributed by atoms with van der Waals surface area (Å²) in [5.41, 5.74) is 6.17. The molecule has 2 aliphatic heterocycles. The minimum absolute atomic E-state index is 0.0531. The Bertz CT molecular complexity index is 2080. The van der Waals surface area contributed by atoms with E-state index in [0.29, 0.717) is 11.6 Å². The molecular weight excluding hydrogens is 692 g/mol. The van der Waals surface area contributed by atoms with Crippen LogP contribution in [-0.2, 0) is 20.7 Å². The van der Waals surface area contributed by atoms with Crippen molar-refractivity contribution >= 4 is 17.9 Å². The normalized spacial score (nSPS) is 20.3. The van der Waals surface area contributed by atoms with Crippen LogP contribution < -0.4 is 5.32 Å². The van der Waals surface area contributed by atoms with Crippen LogP contribution in [0.4, 0.5) is 13.6 Å². The molecule has 0 unspecified atom stereocenters. The van der Waals surface area contributed by atoms with Crippen LogP contribution in [0.3, 0.4) is 0 Å². The summed E-state index contributed by atoms with van der Waals surface area (Å²) in [5.74, 6) is 0.300. The molecule has 3 amide bonds. The number of hydrogen-bond donors (Lipinski definition) is 3. The molecule has 0 spiro atoms. The third kappa shape index (κ3) is 7.75. The molecule has 5 aromatic rings. The molecule has 11 nitrogen and oxygen atoms in total. The number of alkyl halides is 2. The zero-order valence-corrected chi connectivity index (χ0v) is 30.3. The maximum absolute atomic E-state index is 14.7. The molecule has 0 bridgehead atoms. The number of rotatable bonds is 10. The maximum atomic E-state index is 14.7. The van der Waals surface area contributed by atoms with Gasteiger partial charge in [-0.2, -0.15) is 0 Å². The second-order valence-electron chi connectivity index (χ2n) is 14.3. The molecule has 13 heteroatoms. The lowest BCUT2D eigenvalue weighted by Gasteiger charge is -2.29. The van der Waals surface area contributed by atoms with Crippen LogP contribution in [0.25, 0.3) is 33.6 Å². The lowest BCUT2D eigenvalue weighted by molar-refractivity contribution is -0.135. The summed E-state index contributed by atoms with van der Waals surface area (Å²) < 4.78 is 34.0. The molecule has 3 N–H and O–H groups in total. The number of carbonyl (C=O) groups is 3. The van der Waals surface area contributed by atoms with Crippen molar-refractivity contribution in [1.82, 2.24) is 35.1 Å². The predicted molar refractivity (Wildman–Crippen MR) is 199 cm³/mol. The van der Waals surface area contributed by atoms with Gasteiger partial charge in [-0.3, -0.25) is 9.59 Å². The minimum atomic E-state index is -1.22. The summed E-state index contributed by atoms with van der Waals surface area (Å²) in [6.45, 7) is 3.58. The van der Waals surface area contributed by atoms with Crippen molar-refractivity contribution in [2.45, 2.75) is 63.6 Å². The van der Waals surface area contributed by atoms with Gasteiger partial charge in [-0.25, -0.2) is 23.5 Å². The van der Waals surface area contributed by atoms with Gasteiger partial charge < -0.3 is 29.8 Å². The number of methoxy groups -OCH3 is 1. The number of likely N-dealkylation sites (tertiary alicyclic amines) is 2. The Balaban J connectivity index is 1.01. The summed E-state index contributed by atoms with van der Waals surface area (Å²) in [6, 6.07) is 23.5. The number of aromatic nitrogens is 4. The van der Waals surface area contributed by atoms with E-state index in [2.05, 4.69) is 25.3 Å². The molecule has 2 aromatic heterocycles. The van der Waals surface area contributed by atoms with E-state index < -0.39 is 36.6 Å². The second-order valence-corrected chi connectivity index (χ2v) is 14.3. The number of ether oxygens (including phenoxy) is 1. The van der Waals surface area contributed by atoms with Gasteiger partial charge in [-0.1, -0.05) is 92.7 Å². The van der Waals surface area contributed by atoms with Crippen LogP contribution in [0, 0.1) is 5.92 Å². The summed E-state index contributed by atoms with van der Waals surface area (Å²) in [4.78, 5) is 57.3. The molecule has 0 saturated carbocycles. The third-order valence-electron chi connectivity index (χ3n) is 10.2. The van der Waals surface area contributed by atoms with E-state index in [0.717, 1.165) is 39.2 Å². The van der Waals surface area contributed by atoms with Gasteiger partial charge in [0.05, 0.1) is 62.5 Å². The molecule has 0 aliphatic carbocycles. The number of alkyl carbamates (subject to hydrolysis) is 1. The Morgan fingerprint density at radius 2 is 1.24 bits per heavy atom. The average Bonchev–Trinajstić information content (AvgIpc) is 4.00. The first-order valence-corrected chi connectivity index (χ1v) is 18.2. The topological polar surface area (TPSA) is 136 Å². The maximum Gasteiger partial charge on any atom is 0.407 e. The number of amides is 3. The van der Waals surface area contributed by atoms with Crippen molar-refractivity contribution in [3.8, 4) is 33.6 Å². The van der Waals surface area contributed by atoms with Crippen LogP contribution in [0.15, 0.2) is 91.3 Å². The molecule has 2 saturated heterocycles. The van der Waals surface area contributed by atoms with Gasteiger partial charge in [0.2, 0.25) is 11.8 Å². The molecule has 5 atom stereocenters. The fourth-order valence-electron chi connectivity index (χ4n) is 7.35. The Labute approximate surface area is 312 Å². The lowest BCUT2D eigenvalue weighted by atomic mass is 10.0. The molecule has 4 heterocycles. The number of imidazole rings is 2. The van der Waals surface area contributed by atoms with Gasteiger partial charge in [-0.05, 0) is 33.7 Å². The number of benzene rings is 3. The number of H-pyrrole nitrogens is 2. The number of aromatic amines is 2. The molecule has 280 valence electrons. The number of carbonyl (C=O) groups excluding carboxylic acids is 3. The van der Waals surface area contributed by atoms with E-state index in [-0.39, 0.29) is 50.1 Å². The van der Waals surface area contributed by atoms with Gasteiger partial charge in [0.1, 0.15) is 30.0 Å².